The number of rotatable bonds is 4. The minimum absolute atomic E-state index is 0.154. The highest BCUT2D eigenvalue weighted by Crippen LogP contribution is 2.28. The first-order valence-corrected chi connectivity index (χ1v) is 7.97. The smallest absolute Gasteiger partial charge is 0.369 e. The monoisotopic (exact) mass is 334 g/mol. The molecule has 2 rings (SSSR count). The van der Waals surface area contributed by atoms with E-state index < -0.39 is 17.5 Å². The Hall–Kier alpha value is -2.28. The zero-order chi connectivity index (χ0) is 17.0. The molecule has 0 atom stereocenters. The maximum absolute atomic E-state index is 12.3. The number of aromatic nitrogens is 2. The predicted molar refractivity (Wildman–Crippen MR) is 86.5 cm³/mol. The molecular weight excluding hydrogens is 316 g/mol. The fourth-order valence-electron chi connectivity index (χ4n) is 1.79. The van der Waals surface area contributed by atoms with Gasteiger partial charge in [0.2, 0.25) is 5.01 Å². The van der Waals surface area contributed by atoms with E-state index in [1.807, 2.05) is 0 Å². The number of nitrogens with zero attached hydrogens (tertiary/aromatic N) is 2. The number of carbonyl (C=O) groups is 2. The maximum Gasteiger partial charge on any atom is 0.369 e. The van der Waals surface area contributed by atoms with E-state index in [4.69, 9.17) is 9.47 Å². The largest absolute Gasteiger partial charge is 0.461 e. The third kappa shape index (κ3) is 4.35. The van der Waals surface area contributed by atoms with Crippen molar-refractivity contribution in [2.45, 2.75) is 33.3 Å². The highest BCUT2D eigenvalue weighted by atomic mass is 32.1. The Kier molecular flexibility index (Phi) is 5.10. The van der Waals surface area contributed by atoms with Crippen LogP contribution in [-0.2, 0) is 9.47 Å². The van der Waals surface area contributed by atoms with Crippen molar-refractivity contribution in [1.29, 1.82) is 0 Å². The second-order valence-corrected chi connectivity index (χ2v) is 6.66. The number of hydrogen-bond acceptors (Lipinski definition) is 7. The lowest BCUT2D eigenvalue weighted by Gasteiger charge is -2.20. The van der Waals surface area contributed by atoms with Crippen LogP contribution in [0.2, 0.25) is 0 Å². The summed E-state index contributed by atoms with van der Waals surface area (Å²) in [6.45, 7) is 7.39. The average Bonchev–Trinajstić information content (AvgIpc) is 2.95. The first kappa shape index (κ1) is 17.1. The number of esters is 2. The van der Waals surface area contributed by atoms with Crippen molar-refractivity contribution in [3.8, 4) is 10.6 Å². The molecule has 1 aromatic heterocycles. The lowest BCUT2D eigenvalue weighted by Crippen LogP contribution is -2.24. The Balaban J connectivity index is 2.34. The van der Waals surface area contributed by atoms with Crippen LogP contribution in [0.4, 0.5) is 0 Å². The van der Waals surface area contributed by atoms with Gasteiger partial charge in [0, 0.05) is 5.56 Å². The van der Waals surface area contributed by atoms with Crippen LogP contribution in [0.5, 0.6) is 0 Å². The Morgan fingerprint density at radius 1 is 1.13 bits per heavy atom. The van der Waals surface area contributed by atoms with Gasteiger partial charge in [0.1, 0.15) is 10.6 Å². The van der Waals surface area contributed by atoms with Gasteiger partial charge in [-0.05, 0) is 33.8 Å². The van der Waals surface area contributed by atoms with Gasteiger partial charge >= 0.3 is 11.9 Å². The molecule has 6 nitrogen and oxygen atoms in total. The molecule has 1 heterocycles. The molecule has 0 unspecified atom stereocenters. The second kappa shape index (κ2) is 6.87. The molecule has 0 saturated heterocycles. The first-order chi connectivity index (χ1) is 10.8. The van der Waals surface area contributed by atoms with Crippen LogP contribution >= 0.6 is 11.3 Å². The van der Waals surface area contributed by atoms with E-state index >= 15 is 0 Å². The summed E-state index contributed by atoms with van der Waals surface area (Å²) in [5.74, 6) is -0.966. The van der Waals surface area contributed by atoms with E-state index in [1.165, 1.54) is 0 Å². The summed E-state index contributed by atoms with van der Waals surface area (Å²) in [5, 5.41) is 8.44. The summed E-state index contributed by atoms with van der Waals surface area (Å²) >= 11 is 1.08. The summed E-state index contributed by atoms with van der Waals surface area (Å²) in [6, 6.07) is 6.94. The number of hydrogen-bond donors (Lipinski definition) is 0. The van der Waals surface area contributed by atoms with Gasteiger partial charge in [0.15, 0.2) is 0 Å². The summed E-state index contributed by atoms with van der Waals surface area (Å²) < 4.78 is 10.3. The Bertz CT molecular complexity index is 719. The zero-order valence-corrected chi connectivity index (χ0v) is 14.3. The number of carbonyl (C=O) groups excluding carboxylic acids is 2. The standard InChI is InChI=1S/C16H18N2O4S/c1-5-21-15(20)13-18-17-12(23-13)10-8-6-7-9-11(10)14(19)22-16(2,3)4/h6-9H,5H2,1-4H3. The van der Waals surface area contributed by atoms with Gasteiger partial charge in [-0.15, -0.1) is 10.2 Å². The minimum atomic E-state index is -0.596. The van der Waals surface area contributed by atoms with E-state index in [2.05, 4.69) is 10.2 Å². The van der Waals surface area contributed by atoms with Crippen molar-refractivity contribution in [3.05, 3.63) is 34.8 Å². The lowest BCUT2D eigenvalue weighted by molar-refractivity contribution is 0.00702. The topological polar surface area (TPSA) is 78.4 Å². The summed E-state index contributed by atoms with van der Waals surface area (Å²) in [5.41, 5.74) is 0.366. The molecule has 1 aromatic carbocycles. The summed E-state index contributed by atoms with van der Waals surface area (Å²) in [6.07, 6.45) is 0. The zero-order valence-electron chi connectivity index (χ0n) is 13.5. The molecular formula is C16H18N2O4S. The highest BCUT2D eigenvalue weighted by Gasteiger charge is 2.23. The quantitative estimate of drug-likeness (QED) is 0.798. The average molecular weight is 334 g/mol. The maximum atomic E-state index is 12.3. The molecule has 0 radical (unpaired) electrons. The van der Waals surface area contributed by atoms with Crippen LogP contribution in [-0.4, -0.2) is 34.3 Å². The second-order valence-electron chi connectivity index (χ2n) is 5.68. The molecule has 0 N–H and O–H groups in total. The van der Waals surface area contributed by atoms with Crippen LogP contribution in [0.1, 0.15) is 47.9 Å². The highest BCUT2D eigenvalue weighted by molar-refractivity contribution is 7.16. The molecule has 0 bridgehead atoms. The molecule has 0 aliphatic carbocycles. The van der Waals surface area contributed by atoms with Gasteiger partial charge in [-0.3, -0.25) is 0 Å². The van der Waals surface area contributed by atoms with Gasteiger partial charge < -0.3 is 9.47 Å². The van der Waals surface area contributed by atoms with Gasteiger partial charge in [-0.25, -0.2) is 9.59 Å². The molecule has 0 saturated carbocycles. The van der Waals surface area contributed by atoms with Gasteiger partial charge in [-0.1, -0.05) is 29.5 Å². The van der Waals surface area contributed by atoms with E-state index in [0.717, 1.165) is 11.3 Å². The fourth-order valence-corrected chi connectivity index (χ4v) is 2.56. The molecule has 23 heavy (non-hydrogen) atoms. The van der Waals surface area contributed by atoms with Gasteiger partial charge in [0.05, 0.1) is 12.2 Å². The predicted octanol–water partition coefficient (Wildman–Crippen LogP) is 3.34. The van der Waals surface area contributed by atoms with Crippen LogP contribution in [0.25, 0.3) is 10.6 Å². The van der Waals surface area contributed by atoms with Crippen molar-refractivity contribution in [1.82, 2.24) is 10.2 Å². The first-order valence-electron chi connectivity index (χ1n) is 7.15. The molecule has 0 amide bonds. The van der Waals surface area contributed by atoms with Crippen LogP contribution in [0.15, 0.2) is 24.3 Å². The van der Waals surface area contributed by atoms with Crippen molar-refractivity contribution < 1.29 is 19.1 Å². The van der Waals surface area contributed by atoms with Crippen molar-refractivity contribution in [3.63, 3.8) is 0 Å². The third-order valence-electron chi connectivity index (χ3n) is 2.65. The van der Waals surface area contributed by atoms with Crippen molar-refractivity contribution >= 4 is 23.3 Å². The Morgan fingerprint density at radius 3 is 2.48 bits per heavy atom. The molecule has 0 spiro atoms. The fraction of sp³-hybridized carbons (Fsp3) is 0.375. The SMILES string of the molecule is CCOC(=O)c1nnc(-c2ccccc2C(=O)OC(C)(C)C)s1. The normalized spacial score (nSPS) is 11.1. The van der Waals surface area contributed by atoms with Crippen molar-refractivity contribution in [2.75, 3.05) is 6.61 Å². The van der Waals surface area contributed by atoms with Crippen LogP contribution < -0.4 is 0 Å². The van der Waals surface area contributed by atoms with Crippen molar-refractivity contribution in [2.24, 2.45) is 0 Å². The van der Waals surface area contributed by atoms with Crippen LogP contribution in [0.3, 0.4) is 0 Å². The van der Waals surface area contributed by atoms with E-state index in [1.54, 1.807) is 52.0 Å². The number of ether oxygens (including phenoxy) is 2. The molecule has 122 valence electrons. The summed E-state index contributed by atoms with van der Waals surface area (Å²) in [4.78, 5) is 24.0. The molecule has 0 aliphatic heterocycles. The minimum Gasteiger partial charge on any atom is -0.461 e. The lowest BCUT2D eigenvalue weighted by atomic mass is 10.1. The molecule has 7 heteroatoms. The van der Waals surface area contributed by atoms with Gasteiger partial charge in [-0.2, -0.15) is 0 Å². The molecule has 2 aromatic rings. The number of benzene rings is 1. The molecule has 0 aliphatic rings. The van der Waals surface area contributed by atoms with E-state index in [0.29, 0.717) is 16.1 Å². The van der Waals surface area contributed by atoms with E-state index in [-0.39, 0.29) is 11.6 Å². The Morgan fingerprint density at radius 2 is 1.83 bits per heavy atom. The van der Waals surface area contributed by atoms with Gasteiger partial charge in [0.25, 0.3) is 0 Å². The Labute approximate surface area is 138 Å². The summed E-state index contributed by atoms with van der Waals surface area (Å²) in [7, 11) is 0. The van der Waals surface area contributed by atoms with E-state index in [9.17, 15) is 9.59 Å². The third-order valence-corrected chi connectivity index (χ3v) is 3.59. The molecule has 0 fully saturated rings. The van der Waals surface area contributed by atoms with Crippen LogP contribution in [0, 0.1) is 0 Å².